The van der Waals surface area contributed by atoms with Crippen LogP contribution in [0.5, 0.6) is 0 Å². The van der Waals surface area contributed by atoms with E-state index in [1.807, 2.05) is 39.1 Å². The van der Waals surface area contributed by atoms with Gasteiger partial charge < -0.3 is 10.2 Å². The molecular formula is C17H30BrIN4O2S. The van der Waals surface area contributed by atoms with E-state index in [1.165, 1.54) is 16.1 Å². The number of nitrogens with one attached hydrogen (secondary N) is 1. The molecule has 0 atom stereocenters. The molecule has 0 amide bonds. The molecular weight excluding hydrogens is 531 g/mol. The van der Waals surface area contributed by atoms with Crippen LogP contribution in [-0.2, 0) is 16.6 Å². The Hall–Kier alpha value is -0.390. The molecule has 9 heteroatoms. The first kappa shape index (κ1) is 25.6. The van der Waals surface area contributed by atoms with Crippen LogP contribution >= 0.6 is 39.9 Å². The van der Waals surface area contributed by atoms with Gasteiger partial charge in [0.2, 0.25) is 10.0 Å². The summed E-state index contributed by atoms with van der Waals surface area (Å²) < 4.78 is 25.7. The number of hydrogen-bond donors (Lipinski definition) is 1. The average molecular weight is 561 g/mol. The minimum Gasteiger partial charge on any atom is -0.357 e. The maximum Gasteiger partial charge on any atom is 0.211 e. The minimum absolute atomic E-state index is 0. The first-order chi connectivity index (χ1) is 11.8. The van der Waals surface area contributed by atoms with Crippen molar-refractivity contribution in [2.75, 3.05) is 39.5 Å². The van der Waals surface area contributed by atoms with Crippen LogP contribution < -0.4 is 5.32 Å². The third-order valence-corrected chi connectivity index (χ3v) is 5.86. The van der Waals surface area contributed by atoms with Crippen LogP contribution in [0.3, 0.4) is 0 Å². The van der Waals surface area contributed by atoms with Crippen LogP contribution in [0, 0.1) is 0 Å². The molecule has 0 aliphatic rings. The zero-order valence-electron chi connectivity index (χ0n) is 15.9. The molecule has 0 saturated heterocycles. The van der Waals surface area contributed by atoms with Crippen LogP contribution in [0.1, 0.15) is 25.8 Å². The van der Waals surface area contributed by atoms with Gasteiger partial charge in [0.15, 0.2) is 5.96 Å². The Balaban J connectivity index is 0.00000625. The fourth-order valence-electron chi connectivity index (χ4n) is 2.42. The molecule has 0 radical (unpaired) electrons. The quantitative estimate of drug-likeness (QED) is 0.218. The van der Waals surface area contributed by atoms with Gasteiger partial charge >= 0.3 is 0 Å². The molecule has 1 aromatic carbocycles. The highest BCUT2D eigenvalue weighted by atomic mass is 127. The van der Waals surface area contributed by atoms with Gasteiger partial charge in [0.25, 0.3) is 0 Å². The molecule has 0 aromatic heterocycles. The summed E-state index contributed by atoms with van der Waals surface area (Å²) in [5, 5.41) is 3.28. The molecule has 0 aliphatic heterocycles. The predicted molar refractivity (Wildman–Crippen MR) is 124 cm³/mol. The third kappa shape index (κ3) is 9.01. The van der Waals surface area contributed by atoms with E-state index in [9.17, 15) is 8.42 Å². The second-order valence-electron chi connectivity index (χ2n) is 5.79. The van der Waals surface area contributed by atoms with Gasteiger partial charge in [0.1, 0.15) is 0 Å². The van der Waals surface area contributed by atoms with Crippen molar-refractivity contribution in [2.24, 2.45) is 4.99 Å². The van der Waals surface area contributed by atoms with E-state index in [4.69, 9.17) is 0 Å². The Morgan fingerprint density at radius 3 is 2.46 bits per heavy atom. The lowest BCUT2D eigenvalue weighted by molar-refractivity contribution is 0.425. The first-order valence-corrected chi connectivity index (χ1v) is 11.1. The maximum atomic E-state index is 11.6. The van der Waals surface area contributed by atoms with Crippen molar-refractivity contribution in [1.82, 2.24) is 14.5 Å². The summed E-state index contributed by atoms with van der Waals surface area (Å²) >= 11 is 3.57. The molecule has 0 spiro atoms. The lowest BCUT2D eigenvalue weighted by Crippen LogP contribution is -2.38. The summed E-state index contributed by atoms with van der Waals surface area (Å²) in [6, 6.07) is 8.11. The highest BCUT2D eigenvalue weighted by molar-refractivity contribution is 14.0. The summed E-state index contributed by atoms with van der Waals surface area (Å²) in [6.45, 7) is 6.96. The van der Waals surface area contributed by atoms with E-state index >= 15 is 0 Å². The van der Waals surface area contributed by atoms with Gasteiger partial charge in [-0.25, -0.2) is 12.7 Å². The monoisotopic (exact) mass is 560 g/mol. The molecule has 0 heterocycles. The van der Waals surface area contributed by atoms with Crippen molar-refractivity contribution in [2.45, 2.75) is 26.8 Å². The second kappa shape index (κ2) is 12.9. The van der Waals surface area contributed by atoms with Crippen LogP contribution in [0.4, 0.5) is 0 Å². The van der Waals surface area contributed by atoms with Gasteiger partial charge in [0, 0.05) is 44.2 Å². The molecule has 0 saturated carbocycles. The predicted octanol–water partition coefficient (Wildman–Crippen LogP) is 3.14. The minimum atomic E-state index is -3.13. The van der Waals surface area contributed by atoms with Crippen LogP contribution in [0.2, 0.25) is 0 Å². The number of benzene rings is 1. The van der Waals surface area contributed by atoms with E-state index < -0.39 is 10.0 Å². The summed E-state index contributed by atoms with van der Waals surface area (Å²) in [7, 11) is -1.14. The van der Waals surface area contributed by atoms with Crippen molar-refractivity contribution in [1.29, 1.82) is 0 Å². The number of sulfonamides is 1. The topological polar surface area (TPSA) is 65.0 Å². The maximum absolute atomic E-state index is 11.6. The van der Waals surface area contributed by atoms with Gasteiger partial charge in [-0.2, -0.15) is 0 Å². The molecule has 150 valence electrons. The van der Waals surface area contributed by atoms with Gasteiger partial charge in [0.05, 0.1) is 6.26 Å². The van der Waals surface area contributed by atoms with Gasteiger partial charge in [-0.3, -0.25) is 4.99 Å². The standard InChI is InChI=1S/C17H29BrN4O2S.HI/c1-5-19-17(20-12-9-13-22(6-2)25(4,23)24)21(3)14-15-10-7-8-11-16(15)18;/h7-8,10-11H,5-6,9,12-14H2,1-4H3,(H,19,20);1H. The molecule has 1 rings (SSSR count). The normalized spacial score (nSPS) is 12.0. The largest absolute Gasteiger partial charge is 0.357 e. The average Bonchev–Trinajstić information content (AvgIpc) is 2.54. The molecule has 0 bridgehead atoms. The zero-order valence-corrected chi connectivity index (χ0v) is 20.6. The molecule has 0 aliphatic carbocycles. The number of hydrogen-bond acceptors (Lipinski definition) is 3. The fraction of sp³-hybridized carbons (Fsp3) is 0.588. The Morgan fingerprint density at radius 1 is 1.27 bits per heavy atom. The second-order valence-corrected chi connectivity index (χ2v) is 8.63. The van der Waals surface area contributed by atoms with Crippen molar-refractivity contribution < 1.29 is 8.42 Å². The lowest BCUT2D eigenvalue weighted by Gasteiger charge is -2.23. The molecule has 6 nitrogen and oxygen atoms in total. The van der Waals surface area contributed by atoms with Crippen molar-refractivity contribution >= 4 is 55.9 Å². The zero-order chi connectivity index (χ0) is 18.9. The van der Waals surface area contributed by atoms with E-state index in [0.717, 1.165) is 23.5 Å². The molecule has 1 aromatic rings. The lowest BCUT2D eigenvalue weighted by atomic mass is 10.2. The van der Waals surface area contributed by atoms with Crippen LogP contribution in [0.15, 0.2) is 33.7 Å². The Kier molecular flexibility index (Phi) is 12.7. The Morgan fingerprint density at radius 2 is 1.92 bits per heavy atom. The first-order valence-electron chi connectivity index (χ1n) is 8.47. The highest BCUT2D eigenvalue weighted by Crippen LogP contribution is 2.17. The van der Waals surface area contributed by atoms with Crippen molar-refractivity contribution in [3.63, 3.8) is 0 Å². The van der Waals surface area contributed by atoms with Gasteiger partial charge in [-0.1, -0.05) is 41.1 Å². The highest BCUT2D eigenvalue weighted by Gasteiger charge is 2.13. The molecule has 1 N–H and O–H groups in total. The summed E-state index contributed by atoms with van der Waals surface area (Å²) in [5.74, 6) is 0.820. The molecule has 26 heavy (non-hydrogen) atoms. The van der Waals surface area contributed by atoms with Gasteiger partial charge in [-0.05, 0) is 25.0 Å². The SMILES string of the molecule is CCNC(=NCCCN(CC)S(C)(=O)=O)N(C)Cc1ccccc1Br.I. The van der Waals surface area contributed by atoms with Crippen LogP contribution in [-0.4, -0.2) is 63.1 Å². The number of rotatable bonds is 9. The Bertz CT molecular complexity index is 670. The number of nitrogens with zero attached hydrogens (tertiary/aromatic N) is 3. The van der Waals surface area contributed by atoms with E-state index in [2.05, 4.69) is 37.2 Å². The summed E-state index contributed by atoms with van der Waals surface area (Å²) in [5.41, 5.74) is 1.19. The van der Waals surface area contributed by atoms with Gasteiger partial charge in [-0.15, -0.1) is 24.0 Å². The van der Waals surface area contributed by atoms with E-state index in [0.29, 0.717) is 26.1 Å². The van der Waals surface area contributed by atoms with E-state index in [-0.39, 0.29) is 24.0 Å². The summed E-state index contributed by atoms with van der Waals surface area (Å²) in [4.78, 5) is 6.69. The molecule has 0 fully saturated rings. The fourth-order valence-corrected chi connectivity index (χ4v) is 3.76. The van der Waals surface area contributed by atoms with Crippen molar-refractivity contribution in [3.05, 3.63) is 34.3 Å². The summed E-state index contributed by atoms with van der Waals surface area (Å²) in [6.07, 6.45) is 1.94. The van der Waals surface area contributed by atoms with Crippen molar-refractivity contribution in [3.8, 4) is 0 Å². The smallest absolute Gasteiger partial charge is 0.211 e. The van der Waals surface area contributed by atoms with E-state index in [1.54, 1.807) is 0 Å². The number of guanidine groups is 1. The Labute approximate surface area is 183 Å². The number of aliphatic imine (C=N–C) groups is 1. The van der Waals surface area contributed by atoms with Crippen LogP contribution in [0.25, 0.3) is 0 Å². The molecule has 0 unspecified atom stereocenters. The third-order valence-electron chi connectivity index (χ3n) is 3.71. The number of halogens is 2.